The minimum Gasteiger partial charge on any atom is -0.383 e. The lowest BCUT2D eigenvalue weighted by Crippen LogP contribution is -2.15. The zero-order chi connectivity index (χ0) is 10.1. The fraction of sp³-hybridized carbons (Fsp3) is 0.364. The van der Waals surface area contributed by atoms with Crippen molar-refractivity contribution >= 4 is 17.1 Å². The molecular formula is C11H13NOS. The van der Waals surface area contributed by atoms with E-state index >= 15 is 0 Å². The number of Topliss-reactive ketones (excluding diaryl/α,β-unsaturated/α-hetero) is 1. The Kier molecular flexibility index (Phi) is 2.42. The Labute approximate surface area is 87.9 Å². The average molecular weight is 207 g/mol. The summed E-state index contributed by atoms with van der Waals surface area (Å²) in [5, 5.41) is 2.00. The summed E-state index contributed by atoms with van der Waals surface area (Å²) in [7, 11) is 3.90. The highest BCUT2D eigenvalue weighted by Gasteiger charge is 2.22. The molecule has 2 rings (SSSR count). The predicted molar refractivity (Wildman–Crippen MR) is 58.7 cm³/mol. The van der Waals surface area contributed by atoms with E-state index in [1.165, 1.54) is 4.88 Å². The summed E-state index contributed by atoms with van der Waals surface area (Å²) in [5.74, 6) is 0.209. The molecule has 0 saturated carbocycles. The van der Waals surface area contributed by atoms with Crippen LogP contribution in [-0.4, -0.2) is 24.8 Å². The summed E-state index contributed by atoms with van der Waals surface area (Å²) < 4.78 is 0. The van der Waals surface area contributed by atoms with Gasteiger partial charge in [-0.1, -0.05) is 0 Å². The second-order valence-corrected chi connectivity index (χ2v) is 4.71. The molecule has 0 aliphatic heterocycles. The first-order chi connectivity index (χ1) is 6.68. The van der Waals surface area contributed by atoms with Gasteiger partial charge in [-0.05, 0) is 24.3 Å². The Morgan fingerprint density at radius 2 is 2.21 bits per heavy atom. The topological polar surface area (TPSA) is 20.3 Å². The predicted octanol–water partition coefficient (Wildman–Crippen LogP) is 2.32. The lowest BCUT2D eigenvalue weighted by atomic mass is 9.93. The van der Waals surface area contributed by atoms with Crippen LogP contribution in [-0.2, 0) is 6.42 Å². The van der Waals surface area contributed by atoms with E-state index in [1.807, 2.05) is 36.6 Å². The van der Waals surface area contributed by atoms with Crippen LogP contribution in [0.5, 0.6) is 0 Å². The number of carbonyl (C=O) groups excluding carboxylic acids is 1. The number of rotatable bonds is 1. The molecule has 14 heavy (non-hydrogen) atoms. The third-order valence-corrected chi connectivity index (χ3v) is 3.30. The summed E-state index contributed by atoms with van der Waals surface area (Å²) >= 11 is 1.69. The number of allylic oxidation sites excluding steroid dienone is 1. The molecule has 0 fully saturated rings. The zero-order valence-corrected chi connectivity index (χ0v) is 9.23. The van der Waals surface area contributed by atoms with Gasteiger partial charge in [0.2, 0.25) is 0 Å². The quantitative estimate of drug-likeness (QED) is 0.659. The lowest BCUT2D eigenvalue weighted by Gasteiger charge is -2.15. The molecule has 1 heterocycles. The van der Waals surface area contributed by atoms with Crippen LogP contribution in [0.15, 0.2) is 23.2 Å². The van der Waals surface area contributed by atoms with Gasteiger partial charge in [0.05, 0.1) is 0 Å². The Bertz CT molecular complexity index is 390. The summed E-state index contributed by atoms with van der Waals surface area (Å²) in [4.78, 5) is 15.1. The summed E-state index contributed by atoms with van der Waals surface area (Å²) in [5.41, 5.74) is 1.84. The van der Waals surface area contributed by atoms with Gasteiger partial charge in [-0.3, -0.25) is 4.79 Å². The van der Waals surface area contributed by atoms with Gasteiger partial charge in [0.1, 0.15) is 0 Å². The van der Waals surface area contributed by atoms with Crippen LogP contribution in [0.3, 0.4) is 0 Å². The van der Waals surface area contributed by atoms with Gasteiger partial charge in [-0.25, -0.2) is 0 Å². The third-order valence-electron chi connectivity index (χ3n) is 2.32. The van der Waals surface area contributed by atoms with E-state index in [1.54, 1.807) is 11.3 Å². The second-order valence-electron chi connectivity index (χ2n) is 3.70. The fourth-order valence-electron chi connectivity index (χ4n) is 1.71. The van der Waals surface area contributed by atoms with E-state index in [0.29, 0.717) is 0 Å². The minimum absolute atomic E-state index is 0.209. The largest absolute Gasteiger partial charge is 0.383 e. The first-order valence-electron chi connectivity index (χ1n) is 4.66. The Morgan fingerprint density at radius 1 is 1.43 bits per heavy atom. The molecule has 0 spiro atoms. The van der Waals surface area contributed by atoms with Crippen molar-refractivity contribution in [3.8, 4) is 0 Å². The molecule has 1 aliphatic carbocycles. The highest BCUT2D eigenvalue weighted by atomic mass is 32.1. The van der Waals surface area contributed by atoms with Crippen molar-refractivity contribution in [3.63, 3.8) is 0 Å². The van der Waals surface area contributed by atoms with Gasteiger partial charge >= 0.3 is 0 Å². The molecule has 0 atom stereocenters. The van der Waals surface area contributed by atoms with Crippen LogP contribution in [0.2, 0.25) is 0 Å². The molecule has 0 saturated heterocycles. The number of thiophene rings is 1. The van der Waals surface area contributed by atoms with Crippen LogP contribution in [0.1, 0.15) is 21.7 Å². The highest BCUT2D eigenvalue weighted by molar-refractivity contribution is 7.10. The summed E-state index contributed by atoms with van der Waals surface area (Å²) in [6.07, 6.45) is 3.83. The summed E-state index contributed by atoms with van der Waals surface area (Å²) in [6.45, 7) is 0. The van der Waals surface area contributed by atoms with Crippen LogP contribution >= 0.6 is 11.3 Å². The maximum absolute atomic E-state index is 11.9. The van der Waals surface area contributed by atoms with Crippen LogP contribution in [0, 0.1) is 0 Å². The number of hydrogen-bond acceptors (Lipinski definition) is 3. The Morgan fingerprint density at radius 3 is 2.93 bits per heavy atom. The minimum atomic E-state index is 0.209. The maximum atomic E-state index is 11.9. The average Bonchev–Trinajstić information content (AvgIpc) is 2.57. The van der Waals surface area contributed by atoms with Crippen LogP contribution in [0.4, 0.5) is 0 Å². The molecule has 1 aromatic rings. The Hall–Kier alpha value is -1.09. The molecule has 0 N–H and O–H groups in total. The number of nitrogens with zero attached hydrogens (tertiary/aromatic N) is 1. The van der Waals surface area contributed by atoms with E-state index < -0.39 is 0 Å². The second kappa shape index (κ2) is 3.58. The fourth-order valence-corrected chi connectivity index (χ4v) is 2.58. The first-order valence-corrected chi connectivity index (χ1v) is 5.54. The van der Waals surface area contributed by atoms with Gasteiger partial charge in [-0.2, -0.15) is 0 Å². The molecule has 0 bridgehead atoms. The molecule has 0 aromatic carbocycles. The number of hydrogen-bond donors (Lipinski definition) is 0. The number of fused-ring (bicyclic) bond motifs is 1. The number of ketones is 1. The molecule has 0 unspecified atom stereocenters. The molecule has 74 valence electrons. The summed E-state index contributed by atoms with van der Waals surface area (Å²) in [6, 6.07) is 1.94. The monoisotopic (exact) mass is 207 g/mol. The molecule has 0 radical (unpaired) electrons. The van der Waals surface area contributed by atoms with E-state index in [-0.39, 0.29) is 5.78 Å². The normalized spacial score (nSPS) is 18.4. The standard InChI is InChI=1S/C11H13NOS/c1-12(2)7-8-3-4-10-9(11(8)13)5-6-14-10/h5-7H,3-4H2,1-2H3. The molecular weight excluding hydrogens is 194 g/mol. The SMILES string of the molecule is CN(C)C=C1CCc2sccc2C1=O. The van der Waals surface area contributed by atoms with Gasteiger partial charge in [0.15, 0.2) is 5.78 Å². The number of carbonyl (C=O) groups is 1. The van der Waals surface area contributed by atoms with E-state index in [2.05, 4.69) is 0 Å². The van der Waals surface area contributed by atoms with Gasteiger partial charge in [-0.15, -0.1) is 11.3 Å². The molecule has 2 nitrogen and oxygen atoms in total. The van der Waals surface area contributed by atoms with Crippen LogP contribution in [0.25, 0.3) is 0 Å². The smallest absolute Gasteiger partial charge is 0.191 e. The van der Waals surface area contributed by atoms with Crippen molar-refractivity contribution in [2.45, 2.75) is 12.8 Å². The Balaban J connectivity index is 2.34. The first kappa shape index (κ1) is 9.46. The van der Waals surface area contributed by atoms with Crippen molar-refractivity contribution < 1.29 is 4.79 Å². The van der Waals surface area contributed by atoms with Gasteiger partial charge < -0.3 is 4.90 Å². The number of aryl methyl sites for hydroxylation is 1. The lowest BCUT2D eigenvalue weighted by molar-refractivity contribution is 0.102. The van der Waals surface area contributed by atoms with Crippen molar-refractivity contribution in [2.24, 2.45) is 0 Å². The van der Waals surface area contributed by atoms with Crippen molar-refractivity contribution in [1.82, 2.24) is 4.90 Å². The van der Waals surface area contributed by atoms with E-state index in [0.717, 1.165) is 24.0 Å². The van der Waals surface area contributed by atoms with E-state index in [4.69, 9.17) is 0 Å². The molecule has 1 aromatic heterocycles. The molecule has 0 amide bonds. The van der Waals surface area contributed by atoms with E-state index in [9.17, 15) is 4.79 Å². The maximum Gasteiger partial charge on any atom is 0.191 e. The van der Waals surface area contributed by atoms with Crippen LogP contribution < -0.4 is 0 Å². The van der Waals surface area contributed by atoms with Crippen molar-refractivity contribution in [1.29, 1.82) is 0 Å². The van der Waals surface area contributed by atoms with Gasteiger partial charge in [0, 0.05) is 36.3 Å². The van der Waals surface area contributed by atoms with Crippen molar-refractivity contribution in [2.75, 3.05) is 14.1 Å². The third kappa shape index (κ3) is 1.60. The highest BCUT2D eigenvalue weighted by Crippen LogP contribution is 2.28. The van der Waals surface area contributed by atoms with Crippen molar-refractivity contribution in [3.05, 3.63) is 33.7 Å². The zero-order valence-electron chi connectivity index (χ0n) is 8.41. The van der Waals surface area contributed by atoms with Gasteiger partial charge in [0.25, 0.3) is 0 Å². The molecule has 3 heteroatoms. The molecule has 1 aliphatic rings.